The molecule has 1 atom stereocenters. The van der Waals surface area contributed by atoms with Crippen LogP contribution in [0.3, 0.4) is 0 Å². The molecular formula is C17H34N2O2. The van der Waals surface area contributed by atoms with Crippen LogP contribution in [0.2, 0.25) is 0 Å². The molecular weight excluding hydrogens is 264 g/mol. The van der Waals surface area contributed by atoms with Crippen molar-refractivity contribution in [2.75, 3.05) is 33.4 Å². The van der Waals surface area contributed by atoms with Gasteiger partial charge in [0.05, 0.1) is 18.8 Å². The molecule has 0 bridgehead atoms. The van der Waals surface area contributed by atoms with Crippen molar-refractivity contribution in [3.63, 3.8) is 0 Å². The summed E-state index contributed by atoms with van der Waals surface area (Å²) in [4.78, 5) is 2.55. The third-order valence-electron chi connectivity index (χ3n) is 5.24. The van der Waals surface area contributed by atoms with E-state index in [0.29, 0.717) is 18.0 Å². The van der Waals surface area contributed by atoms with Gasteiger partial charge in [-0.2, -0.15) is 0 Å². The van der Waals surface area contributed by atoms with Gasteiger partial charge in [0.1, 0.15) is 0 Å². The van der Waals surface area contributed by atoms with Crippen molar-refractivity contribution < 1.29 is 9.84 Å². The maximum atomic E-state index is 10.1. The summed E-state index contributed by atoms with van der Waals surface area (Å²) in [5.41, 5.74) is -0.0858. The maximum Gasteiger partial charge on any atom is 0.0628 e. The molecule has 21 heavy (non-hydrogen) atoms. The Labute approximate surface area is 130 Å². The quantitative estimate of drug-likeness (QED) is 0.578. The Morgan fingerprint density at radius 3 is 2.33 bits per heavy atom. The molecule has 0 heterocycles. The van der Waals surface area contributed by atoms with Gasteiger partial charge in [-0.15, -0.1) is 0 Å². The lowest BCUT2D eigenvalue weighted by Gasteiger charge is -2.41. The average Bonchev–Trinajstić information content (AvgIpc) is 3.37. The number of aliphatic hydroxyl groups is 1. The number of nitrogens with one attached hydrogen (secondary N) is 1. The second-order valence-electron chi connectivity index (χ2n) is 6.94. The van der Waals surface area contributed by atoms with Gasteiger partial charge in [0.15, 0.2) is 0 Å². The highest BCUT2D eigenvalue weighted by Gasteiger charge is 2.48. The van der Waals surface area contributed by atoms with E-state index in [1.807, 2.05) is 0 Å². The molecule has 4 nitrogen and oxygen atoms in total. The van der Waals surface area contributed by atoms with Gasteiger partial charge < -0.3 is 15.2 Å². The van der Waals surface area contributed by atoms with Crippen LogP contribution in [0.15, 0.2) is 0 Å². The number of ether oxygens (including phenoxy) is 1. The van der Waals surface area contributed by atoms with E-state index in [-0.39, 0.29) is 12.1 Å². The molecule has 4 heteroatoms. The molecule has 0 amide bonds. The van der Waals surface area contributed by atoms with Crippen LogP contribution in [0.5, 0.6) is 0 Å². The van der Waals surface area contributed by atoms with Gasteiger partial charge >= 0.3 is 0 Å². The lowest BCUT2D eigenvalue weighted by molar-refractivity contribution is 0.0485. The van der Waals surface area contributed by atoms with Crippen LogP contribution in [-0.2, 0) is 4.74 Å². The first kappa shape index (κ1) is 17.2. The minimum atomic E-state index is -0.0858. The van der Waals surface area contributed by atoms with Gasteiger partial charge in [0.25, 0.3) is 0 Å². The molecule has 0 aliphatic heterocycles. The fraction of sp³-hybridized carbons (Fsp3) is 1.00. The molecule has 0 aromatic heterocycles. The van der Waals surface area contributed by atoms with Crippen LogP contribution in [0.1, 0.15) is 52.4 Å². The van der Waals surface area contributed by atoms with Crippen molar-refractivity contribution in [2.24, 2.45) is 5.92 Å². The normalized spacial score (nSPS) is 22.0. The molecule has 124 valence electrons. The highest BCUT2D eigenvalue weighted by atomic mass is 16.5. The van der Waals surface area contributed by atoms with Crippen molar-refractivity contribution in [1.29, 1.82) is 0 Å². The van der Waals surface area contributed by atoms with Crippen LogP contribution in [0.4, 0.5) is 0 Å². The van der Waals surface area contributed by atoms with Crippen LogP contribution in [0.25, 0.3) is 0 Å². The summed E-state index contributed by atoms with van der Waals surface area (Å²) in [6, 6.07) is 1.23. The number of hydrogen-bond acceptors (Lipinski definition) is 4. The smallest absolute Gasteiger partial charge is 0.0628 e. The summed E-state index contributed by atoms with van der Waals surface area (Å²) in [6.45, 7) is 7.48. The largest absolute Gasteiger partial charge is 0.394 e. The molecule has 0 radical (unpaired) electrons. The highest BCUT2D eigenvalue weighted by Crippen LogP contribution is 2.42. The van der Waals surface area contributed by atoms with Gasteiger partial charge in [0.2, 0.25) is 0 Å². The molecule has 2 aliphatic rings. The number of rotatable bonds is 12. The van der Waals surface area contributed by atoms with Crippen molar-refractivity contribution >= 4 is 0 Å². The fourth-order valence-electron chi connectivity index (χ4n) is 3.55. The zero-order valence-electron chi connectivity index (χ0n) is 14.1. The second-order valence-corrected chi connectivity index (χ2v) is 6.94. The van der Waals surface area contributed by atoms with E-state index in [1.54, 1.807) is 7.11 Å². The summed E-state index contributed by atoms with van der Waals surface area (Å²) >= 11 is 0. The monoisotopic (exact) mass is 298 g/mol. The molecule has 0 aromatic rings. The third kappa shape index (κ3) is 4.65. The summed E-state index contributed by atoms with van der Waals surface area (Å²) in [6.07, 6.45) is 7.41. The summed E-state index contributed by atoms with van der Waals surface area (Å²) < 4.78 is 5.30. The first-order valence-electron chi connectivity index (χ1n) is 8.80. The maximum absolute atomic E-state index is 10.1. The van der Waals surface area contributed by atoms with E-state index >= 15 is 0 Å². The lowest BCUT2D eigenvalue weighted by atomic mass is 9.91. The van der Waals surface area contributed by atoms with Crippen molar-refractivity contribution in [2.45, 2.75) is 70.0 Å². The topological polar surface area (TPSA) is 44.7 Å². The molecule has 0 saturated heterocycles. The van der Waals surface area contributed by atoms with Gasteiger partial charge in [0, 0.05) is 32.3 Å². The predicted octanol–water partition coefficient (Wildman–Crippen LogP) is 2.02. The minimum absolute atomic E-state index is 0.0858. The molecule has 2 rings (SSSR count). The number of aliphatic hydroxyl groups excluding tert-OH is 1. The van der Waals surface area contributed by atoms with Crippen LogP contribution in [-0.4, -0.2) is 61.0 Å². The van der Waals surface area contributed by atoms with E-state index in [1.165, 1.54) is 25.7 Å². The zero-order valence-corrected chi connectivity index (χ0v) is 14.1. The Kier molecular flexibility index (Phi) is 6.48. The standard InChI is InChI=1S/C17H34N2O2/c1-4-16(5-2)19(10-11-21-3)12-17(13-20,14-6-7-14)18-15-8-9-15/h14-16,18,20H,4-13H2,1-3H3. The fourth-order valence-corrected chi connectivity index (χ4v) is 3.55. The Morgan fingerprint density at radius 1 is 1.24 bits per heavy atom. The molecule has 2 fully saturated rings. The summed E-state index contributed by atoms with van der Waals surface area (Å²) in [5, 5.41) is 13.9. The zero-order chi connectivity index (χ0) is 15.3. The SMILES string of the molecule is CCC(CC)N(CCOC)CC(CO)(NC1CC1)C1CC1. The molecule has 2 N–H and O–H groups in total. The van der Waals surface area contributed by atoms with Gasteiger partial charge in [-0.3, -0.25) is 4.90 Å². The second kappa shape index (κ2) is 7.91. The molecule has 1 unspecified atom stereocenters. The lowest BCUT2D eigenvalue weighted by Crippen LogP contribution is -2.60. The minimum Gasteiger partial charge on any atom is -0.394 e. The number of hydrogen-bond donors (Lipinski definition) is 2. The Hall–Kier alpha value is -0.160. The van der Waals surface area contributed by atoms with E-state index in [2.05, 4.69) is 24.1 Å². The van der Waals surface area contributed by atoms with Gasteiger partial charge in [-0.05, 0) is 44.4 Å². The predicted molar refractivity (Wildman–Crippen MR) is 86.5 cm³/mol. The van der Waals surface area contributed by atoms with Crippen LogP contribution in [0, 0.1) is 5.92 Å². The van der Waals surface area contributed by atoms with E-state index < -0.39 is 0 Å². The highest BCUT2D eigenvalue weighted by molar-refractivity contribution is 5.06. The third-order valence-corrected chi connectivity index (χ3v) is 5.24. The van der Waals surface area contributed by atoms with Crippen molar-refractivity contribution in [1.82, 2.24) is 10.2 Å². The molecule has 2 aliphatic carbocycles. The molecule has 2 saturated carbocycles. The van der Waals surface area contributed by atoms with Crippen LogP contribution >= 0.6 is 0 Å². The van der Waals surface area contributed by atoms with Crippen molar-refractivity contribution in [3.05, 3.63) is 0 Å². The summed E-state index contributed by atoms with van der Waals surface area (Å²) in [7, 11) is 1.77. The number of nitrogens with zero attached hydrogens (tertiary/aromatic N) is 1. The van der Waals surface area contributed by atoms with Crippen molar-refractivity contribution in [3.8, 4) is 0 Å². The average molecular weight is 298 g/mol. The van der Waals surface area contributed by atoms with E-state index in [4.69, 9.17) is 4.74 Å². The Balaban J connectivity index is 2.05. The first-order valence-corrected chi connectivity index (χ1v) is 8.80. The Bertz CT molecular complexity index is 301. The van der Waals surface area contributed by atoms with E-state index in [9.17, 15) is 5.11 Å². The van der Waals surface area contributed by atoms with Gasteiger partial charge in [-0.1, -0.05) is 13.8 Å². The number of methoxy groups -OCH3 is 1. The van der Waals surface area contributed by atoms with E-state index in [0.717, 1.165) is 32.5 Å². The Morgan fingerprint density at radius 2 is 1.90 bits per heavy atom. The first-order chi connectivity index (χ1) is 10.2. The van der Waals surface area contributed by atoms with Gasteiger partial charge in [-0.25, -0.2) is 0 Å². The molecule has 0 spiro atoms. The van der Waals surface area contributed by atoms with Crippen LogP contribution < -0.4 is 5.32 Å². The summed E-state index contributed by atoms with van der Waals surface area (Å²) in [5.74, 6) is 0.655. The molecule has 0 aromatic carbocycles.